The first-order valence-electron chi connectivity index (χ1n) is 7.19. The molecule has 4 heterocycles. The number of halogens is 1. The molecule has 0 radical (unpaired) electrons. The normalized spacial score (nSPS) is 11.3. The topological polar surface area (TPSA) is 58.0 Å². The predicted molar refractivity (Wildman–Crippen MR) is 92.6 cm³/mol. The predicted octanol–water partition coefficient (Wildman–Crippen LogP) is 3.73. The second-order valence-electron chi connectivity index (χ2n) is 5.20. The molecule has 0 amide bonds. The fourth-order valence-corrected chi connectivity index (χ4v) is 3.43. The van der Waals surface area contributed by atoms with E-state index in [1.54, 1.807) is 11.3 Å². The van der Waals surface area contributed by atoms with Crippen molar-refractivity contribution in [2.75, 3.05) is 0 Å². The standard InChI is InChI=1S/C16H14ClN5S/c17-12-3-4-15-20-13(10-22(15)9-12)8-18-6-11-7-19-21-16(11)14-2-1-5-23-14/h1-5,7,9-10,18H,6,8H2,(H,19,21). The lowest BCUT2D eigenvalue weighted by Gasteiger charge is -2.02. The summed E-state index contributed by atoms with van der Waals surface area (Å²) in [6.07, 6.45) is 5.72. The average molecular weight is 344 g/mol. The van der Waals surface area contributed by atoms with Crippen LogP contribution in [0.3, 0.4) is 0 Å². The Labute approximate surface area is 142 Å². The van der Waals surface area contributed by atoms with Crippen LogP contribution in [0.4, 0.5) is 0 Å². The van der Waals surface area contributed by atoms with Crippen LogP contribution in [0.5, 0.6) is 0 Å². The smallest absolute Gasteiger partial charge is 0.137 e. The Bertz CT molecular complexity index is 925. The maximum atomic E-state index is 5.99. The number of imidazole rings is 1. The van der Waals surface area contributed by atoms with Gasteiger partial charge in [-0.2, -0.15) is 5.10 Å². The molecular formula is C16H14ClN5S. The maximum absolute atomic E-state index is 5.99. The van der Waals surface area contributed by atoms with Crippen molar-refractivity contribution in [1.82, 2.24) is 24.9 Å². The van der Waals surface area contributed by atoms with Gasteiger partial charge in [0.05, 0.1) is 27.5 Å². The Morgan fingerprint density at radius 3 is 3.04 bits per heavy atom. The van der Waals surface area contributed by atoms with Crippen molar-refractivity contribution < 1.29 is 0 Å². The van der Waals surface area contributed by atoms with Gasteiger partial charge in [0.2, 0.25) is 0 Å². The van der Waals surface area contributed by atoms with E-state index in [-0.39, 0.29) is 0 Å². The van der Waals surface area contributed by atoms with Gasteiger partial charge in [0.1, 0.15) is 5.65 Å². The number of nitrogens with one attached hydrogen (secondary N) is 2. The number of fused-ring (bicyclic) bond motifs is 1. The van der Waals surface area contributed by atoms with Gasteiger partial charge in [-0.05, 0) is 23.6 Å². The van der Waals surface area contributed by atoms with E-state index in [4.69, 9.17) is 11.6 Å². The second-order valence-corrected chi connectivity index (χ2v) is 6.58. The molecule has 0 bridgehead atoms. The third-order valence-corrected chi connectivity index (χ3v) is 4.68. The minimum absolute atomic E-state index is 0.689. The highest BCUT2D eigenvalue weighted by atomic mass is 35.5. The molecule has 4 aromatic rings. The molecule has 0 aliphatic heterocycles. The van der Waals surface area contributed by atoms with Gasteiger partial charge in [0, 0.05) is 31.0 Å². The van der Waals surface area contributed by atoms with Crippen molar-refractivity contribution in [2.24, 2.45) is 0 Å². The van der Waals surface area contributed by atoms with Gasteiger partial charge in [0.25, 0.3) is 0 Å². The monoisotopic (exact) mass is 343 g/mol. The van der Waals surface area contributed by atoms with Crippen LogP contribution in [-0.2, 0) is 13.1 Å². The summed E-state index contributed by atoms with van der Waals surface area (Å²) in [5.41, 5.74) is 4.11. The molecule has 2 N–H and O–H groups in total. The fraction of sp³-hybridized carbons (Fsp3) is 0.125. The molecule has 0 aliphatic carbocycles. The van der Waals surface area contributed by atoms with Crippen LogP contribution in [0.1, 0.15) is 11.3 Å². The summed E-state index contributed by atoms with van der Waals surface area (Å²) in [6.45, 7) is 1.42. The summed E-state index contributed by atoms with van der Waals surface area (Å²) < 4.78 is 1.94. The molecule has 0 aliphatic rings. The Morgan fingerprint density at radius 1 is 1.22 bits per heavy atom. The largest absolute Gasteiger partial charge is 0.307 e. The zero-order valence-corrected chi connectivity index (χ0v) is 13.7. The number of hydrogen-bond donors (Lipinski definition) is 2. The van der Waals surface area contributed by atoms with Crippen LogP contribution in [0, 0.1) is 0 Å². The lowest BCUT2D eigenvalue weighted by atomic mass is 10.2. The minimum Gasteiger partial charge on any atom is -0.307 e. The molecule has 23 heavy (non-hydrogen) atoms. The molecule has 0 aromatic carbocycles. The summed E-state index contributed by atoms with van der Waals surface area (Å²) in [6, 6.07) is 7.89. The Kier molecular flexibility index (Phi) is 3.87. The molecule has 7 heteroatoms. The molecule has 4 rings (SSSR count). The van der Waals surface area contributed by atoms with Gasteiger partial charge in [-0.15, -0.1) is 11.3 Å². The van der Waals surface area contributed by atoms with Crippen molar-refractivity contribution in [1.29, 1.82) is 0 Å². The highest BCUT2D eigenvalue weighted by Gasteiger charge is 2.08. The summed E-state index contributed by atoms with van der Waals surface area (Å²) >= 11 is 7.69. The van der Waals surface area contributed by atoms with E-state index in [1.807, 2.05) is 41.2 Å². The van der Waals surface area contributed by atoms with E-state index in [0.29, 0.717) is 11.6 Å². The first-order chi connectivity index (χ1) is 11.3. The van der Waals surface area contributed by atoms with Gasteiger partial charge >= 0.3 is 0 Å². The molecule has 116 valence electrons. The number of H-pyrrole nitrogens is 1. The average Bonchev–Trinajstić information content (AvgIpc) is 3.26. The molecule has 0 atom stereocenters. The molecule has 0 unspecified atom stereocenters. The summed E-state index contributed by atoms with van der Waals surface area (Å²) in [7, 11) is 0. The first-order valence-corrected chi connectivity index (χ1v) is 8.45. The van der Waals surface area contributed by atoms with E-state index in [1.165, 1.54) is 4.88 Å². The van der Waals surface area contributed by atoms with Crippen LogP contribution in [0.15, 0.2) is 48.2 Å². The highest BCUT2D eigenvalue weighted by molar-refractivity contribution is 7.13. The van der Waals surface area contributed by atoms with E-state index >= 15 is 0 Å². The zero-order chi connectivity index (χ0) is 15.6. The van der Waals surface area contributed by atoms with Crippen molar-refractivity contribution in [3.8, 4) is 10.6 Å². The number of pyridine rings is 1. The van der Waals surface area contributed by atoms with E-state index in [9.17, 15) is 0 Å². The summed E-state index contributed by atoms with van der Waals surface area (Å²) in [4.78, 5) is 5.76. The van der Waals surface area contributed by atoms with E-state index in [0.717, 1.165) is 29.1 Å². The third kappa shape index (κ3) is 3.01. The van der Waals surface area contributed by atoms with Gasteiger partial charge < -0.3 is 9.72 Å². The van der Waals surface area contributed by atoms with Gasteiger partial charge in [0.15, 0.2) is 0 Å². The highest BCUT2D eigenvalue weighted by Crippen LogP contribution is 2.25. The lowest BCUT2D eigenvalue weighted by Crippen LogP contribution is -2.13. The van der Waals surface area contributed by atoms with Crippen molar-refractivity contribution >= 4 is 28.6 Å². The maximum Gasteiger partial charge on any atom is 0.137 e. The number of rotatable bonds is 5. The number of aromatic amines is 1. The number of thiophene rings is 1. The van der Waals surface area contributed by atoms with Crippen LogP contribution in [-0.4, -0.2) is 19.6 Å². The third-order valence-electron chi connectivity index (χ3n) is 3.57. The minimum atomic E-state index is 0.689. The Balaban J connectivity index is 1.44. The second kappa shape index (κ2) is 6.16. The van der Waals surface area contributed by atoms with Crippen LogP contribution >= 0.6 is 22.9 Å². The van der Waals surface area contributed by atoms with Gasteiger partial charge in [-0.3, -0.25) is 5.10 Å². The summed E-state index contributed by atoms with van der Waals surface area (Å²) in [5.74, 6) is 0. The molecule has 5 nitrogen and oxygen atoms in total. The molecule has 4 aromatic heterocycles. The SMILES string of the molecule is Clc1ccc2nc(CNCc3cn[nH]c3-c3cccs3)cn2c1. The molecule has 0 spiro atoms. The Hall–Kier alpha value is -2.15. The summed E-state index contributed by atoms with van der Waals surface area (Å²) in [5, 5.41) is 13.4. The van der Waals surface area contributed by atoms with Crippen LogP contribution in [0.25, 0.3) is 16.2 Å². The van der Waals surface area contributed by atoms with Crippen LogP contribution in [0.2, 0.25) is 5.02 Å². The number of nitrogens with zero attached hydrogens (tertiary/aromatic N) is 3. The van der Waals surface area contributed by atoms with Gasteiger partial charge in [-0.1, -0.05) is 17.7 Å². The zero-order valence-electron chi connectivity index (χ0n) is 12.2. The van der Waals surface area contributed by atoms with Crippen LogP contribution < -0.4 is 5.32 Å². The molecule has 0 saturated heterocycles. The molecule has 0 fully saturated rings. The van der Waals surface area contributed by atoms with Crippen molar-refractivity contribution in [3.63, 3.8) is 0 Å². The molecule has 0 saturated carbocycles. The fourth-order valence-electron chi connectivity index (χ4n) is 2.51. The van der Waals surface area contributed by atoms with Crippen molar-refractivity contribution in [3.05, 3.63) is 64.5 Å². The number of aromatic nitrogens is 4. The molecular weight excluding hydrogens is 330 g/mol. The van der Waals surface area contributed by atoms with Crippen molar-refractivity contribution in [2.45, 2.75) is 13.1 Å². The Morgan fingerprint density at radius 2 is 2.17 bits per heavy atom. The number of hydrogen-bond acceptors (Lipinski definition) is 4. The first kappa shape index (κ1) is 14.4. The van der Waals surface area contributed by atoms with E-state index < -0.39 is 0 Å². The quantitative estimate of drug-likeness (QED) is 0.580. The van der Waals surface area contributed by atoms with E-state index in [2.05, 4.69) is 31.9 Å². The lowest BCUT2D eigenvalue weighted by molar-refractivity contribution is 0.684. The van der Waals surface area contributed by atoms with Gasteiger partial charge in [-0.25, -0.2) is 4.98 Å².